The molecule has 0 unspecified atom stereocenters. The van der Waals surface area contributed by atoms with E-state index in [1.54, 1.807) is 0 Å². The molecule has 130 heavy (non-hydrogen) atoms. The quantitative estimate of drug-likeness (QED) is 0.144. The van der Waals surface area contributed by atoms with Gasteiger partial charge in [-0.05, 0) is 238 Å². The van der Waals surface area contributed by atoms with Crippen LogP contribution in [-0.4, -0.2) is 0 Å². The number of ether oxygens (including phenoxy) is 2. The largest absolute Gasteiger partial charge is 0.457 e. The predicted octanol–water partition coefficient (Wildman–Crippen LogP) is 32.5. The van der Waals surface area contributed by atoms with Crippen LogP contribution in [0.3, 0.4) is 0 Å². The number of nitrogens with zero attached hydrogens (tertiary/aromatic N) is 2. The summed E-state index contributed by atoms with van der Waals surface area (Å²) in [4.78, 5) is 4.92. The lowest BCUT2D eigenvalue weighted by atomic mass is 9.66. The summed E-state index contributed by atoms with van der Waals surface area (Å²) in [5.41, 5.74) is 37.6. The Kier molecular flexibility index (Phi) is 15.9. The highest BCUT2D eigenvalue weighted by molar-refractivity contribution is 6.16. The van der Waals surface area contributed by atoms with Crippen molar-refractivity contribution in [2.45, 2.75) is 35.5 Å². The standard InChI is InChI=1S/C66H41NO2.C58H39NO2/c1-3-21-44(22-4-1)65(45-23-5-2-6-24-45)54-31-17-32-57(63(54)50-39-42-19-7-8-20-43(42)40-55(50)65)67(58-33-18-36-62-64(58)49-27-11-15-34-59(49)68-62)46-37-38-61-56(41-46)66(53-30-14-16-35-60(53)69-61)51-28-12-9-25-47(51)48-26-10-13-29-52(48)66;1-57(2)45-18-7-3-14-40(45)43-32-31-39(35-49(43)57)59(51-22-13-25-55-56(51)44-17-6-11-23-52(44)60-55)38-29-26-36(27-30-38)37-28-33-54-50(34-37)58(48-21-10-12-24-53(48)61-54)46-19-8-4-15-41(46)42-16-5-9-20-47(42)58/h1-41H;3-35H,1-2H3. The highest BCUT2D eigenvalue weighted by Crippen LogP contribution is 2.67. The number of benzene rings is 20. The fourth-order valence-corrected chi connectivity index (χ4v) is 23.8. The molecule has 0 bridgehead atoms. The summed E-state index contributed by atoms with van der Waals surface area (Å²) < 4.78 is 26.9. The van der Waals surface area contributed by atoms with Crippen LogP contribution in [-0.2, 0) is 21.7 Å². The van der Waals surface area contributed by atoms with Crippen molar-refractivity contribution >= 4 is 88.8 Å². The predicted molar refractivity (Wildman–Crippen MR) is 529 cm³/mol. The van der Waals surface area contributed by atoms with Crippen LogP contribution in [0.2, 0.25) is 0 Å². The zero-order chi connectivity index (χ0) is 85.7. The van der Waals surface area contributed by atoms with E-state index in [0.29, 0.717) is 0 Å². The van der Waals surface area contributed by atoms with Gasteiger partial charge in [-0.15, -0.1) is 0 Å². The summed E-state index contributed by atoms with van der Waals surface area (Å²) >= 11 is 0. The lowest BCUT2D eigenvalue weighted by Gasteiger charge is -2.40. The fraction of sp³-hybridized carbons (Fsp3) is 0.0484. The Balaban J connectivity index is 0.000000135. The van der Waals surface area contributed by atoms with E-state index in [4.69, 9.17) is 18.3 Å². The number of anilines is 6. The van der Waals surface area contributed by atoms with Gasteiger partial charge >= 0.3 is 0 Å². The summed E-state index contributed by atoms with van der Waals surface area (Å²) in [5.74, 6) is 3.51. The van der Waals surface area contributed by atoms with E-state index in [0.717, 1.165) is 129 Å². The van der Waals surface area contributed by atoms with Crippen molar-refractivity contribution in [1.29, 1.82) is 0 Å². The third kappa shape index (κ3) is 10.2. The Morgan fingerprint density at radius 2 is 0.585 bits per heavy atom. The van der Waals surface area contributed by atoms with Crippen LogP contribution >= 0.6 is 0 Å². The van der Waals surface area contributed by atoms with E-state index >= 15 is 0 Å². The molecule has 20 aromatic carbocycles. The monoisotopic (exact) mass is 1660 g/mol. The lowest BCUT2D eigenvalue weighted by molar-refractivity contribution is 0.436. The zero-order valence-electron chi connectivity index (χ0n) is 71.3. The minimum absolute atomic E-state index is 0.139. The molecule has 22 aromatic rings. The Labute approximate surface area is 752 Å². The van der Waals surface area contributed by atoms with E-state index in [1.165, 1.54) is 116 Å². The molecule has 2 aliphatic heterocycles. The van der Waals surface area contributed by atoms with Gasteiger partial charge in [0.1, 0.15) is 45.3 Å². The van der Waals surface area contributed by atoms with Gasteiger partial charge in [0, 0.05) is 61.1 Å². The molecule has 0 amide bonds. The third-order valence-electron chi connectivity index (χ3n) is 29.1. The number of fused-ring (bicyclic) bond motifs is 31. The molecule has 0 radical (unpaired) electrons. The molecule has 2 aromatic heterocycles. The third-order valence-corrected chi connectivity index (χ3v) is 29.1. The summed E-state index contributed by atoms with van der Waals surface area (Å²) in [7, 11) is 0. The zero-order valence-corrected chi connectivity index (χ0v) is 71.3. The first kappa shape index (κ1) is 73.8. The summed E-state index contributed by atoms with van der Waals surface area (Å²) in [6.07, 6.45) is 0. The van der Waals surface area contributed by atoms with Crippen LogP contribution in [0.25, 0.3) is 110 Å². The topological polar surface area (TPSA) is 51.2 Å². The Bertz CT molecular complexity index is 8370. The highest BCUT2D eigenvalue weighted by atomic mass is 16.5. The van der Waals surface area contributed by atoms with Crippen molar-refractivity contribution in [1.82, 2.24) is 0 Å². The molecule has 6 aliphatic rings. The average Bonchev–Trinajstić information content (AvgIpc) is 1.55. The second-order valence-corrected chi connectivity index (χ2v) is 35.8. The molecule has 610 valence electrons. The minimum Gasteiger partial charge on any atom is -0.457 e. The number of rotatable bonds is 9. The molecule has 2 spiro atoms. The van der Waals surface area contributed by atoms with Crippen molar-refractivity contribution < 1.29 is 18.3 Å². The molecule has 0 fully saturated rings. The van der Waals surface area contributed by atoms with Crippen molar-refractivity contribution in [3.05, 3.63) is 527 Å². The molecular formula is C124H80N2O4. The smallest absolute Gasteiger partial charge is 0.137 e. The van der Waals surface area contributed by atoms with Crippen LogP contribution < -0.4 is 19.3 Å². The average molecular weight is 1660 g/mol. The molecule has 4 aliphatic carbocycles. The van der Waals surface area contributed by atoms with Crippen molar-refractivity contribution in [2.24, 2.45) is 0 Å². The van der Waals surface area contributed by atoms with Crippen LogP contribution in [0.15, 0.2) is 458 Å². The SMILES string of the molecule is CC1(C)c2ccccc2-c2ccc(N(c3ccc(-c4ccc5c(c4)C4(c6ccccc6O5)c5ccccc5-c5ccccc54)cc3)c3cccc4oc5ccccc5c34)cc21.c1ccc(C2(c3ccccc3)c3cc4ccccc4cc3-c3c(N(c4ccc5c(c4)C4(c6ccccc6O5)c5ccccc5-c5ccccc54)c4cccc5oc6ccccc6c45)cccc32)cc1. The van der Waals surface area contributed by atoms with Crippen LogP contribution in [0.5, 0.6) is 23.0 Å². The molecule has 0 saturated carbocycles. The summed E-state index contributed by atoms with van der Waals surface area (Å²) in [5, 5.41) is 6.75. The number of hydrogen-bond acceptors (Lipinski definition) is 6. The second kappa shape index (κ2) is 28.0. The summed E-state index contributed by atoms with van der Waals surface area (Å²) in [6, 6.07) is 164. The maximum atomic E-state index is 7.01. The first-order chi connectivity index (χ1) is 64.2. The van der Waals surface area contributed by atoms with Gasteiger partial charge in [-0.2, -0.15) is 0 Å². The molecule has 6 nitrogen and oxygen atoms in total. The molecular weight excluding hydrogens is 1580 g/mol. The lowest BCUT2D eigenvalue weighted by Crippen LogP contribution is -2.32. The first-order valence-electron chi connectivity index (χ1n) is 45.0. The van der Waals surface area contributed by atoms with Gasteiger partial charge in [0.05, 0.1) is 44.1 Å². The Hall–Kier alpha value is -16.5. The number of para-hydroxylation sites is 4. The maximum absolute atomic E-state index is 7.01. The molecule has 4 heterocycles. The van der Waals surface area contributed by atoms with Crippen molar-refractivity contribution in [3.63, 3.8) is 0 Å². The van der Waals surface area contributed by atoms with E-state index in [2.05, 4.69) is 466 Å². The number of furan rings is 2. The van der Waals surface area contributed by atoms with Gasteiger partial charge < -0.3 is 28.1 Å². The van der Waals surface area contributed by atoms with Gasteiger partial charge in [-0.3, -0.25) is 0 Å². The highest BCUT2D eigenvalue weighted by Gasteiger charge is 2.54. The van der Waals surface area contributed by atoms with Crippen molar-refractivity contribution in [3.8, 4) is 78.6 Å². The first-order valence-corrected chi connectivity index (χ1v) is 45.0. The van der Waals surface area contributed by atoms with Crippen LogP contribution in [0.1, 0.15) is 91.7 Å². The maximum Gasteiger partial charge on any atom is 0.137 e. The van der Waals surface area contributed by atoms with Gasteiger partial charge in [0.15, 0.2) is 0 Å². The van der Waals surface area contributed by atoms with E-state index in [9.17, 15) is 0 Å². The van der Waals surface area contributed by atoms with Gasteiger partial charge in [0.25, 0.3) is 0 Å². The molecule has 6 heteroatoms. The van der Waals surface area contributed by atoms with Gasteiger partial charge in [-0.1, -0.05) is 341 Å². The number of hydrogen-bond donors (Lipinski definition) is 0. The van der Waals surface area contributed by atoms with Crippen LogP contribution in [0.4, 0.5) is 34.1 Å². The van der Waals surface area contributed by atoms with E-state index in [-0.39, 0.29) is 5.41 Å². The minimum atomic E-state index is -0.646. The van der Waals surface area contributed by atoms with Crippen molar-refractivity contribution in [2.75, 3.05) is 9.80 Å². The van der Waals surface area contributed by atoms with E-state index < -0.39 is 16.2 Å². The normalized spacial score (nSPS) is 14.3. The molecule has 0 N–H and O–H groups in total. The molecule has 28 rings (SSSR count). The second-order valence-electron chi connectivity index (χ2n) is 35.8. The molecule has 0 atom stereocenters. The summed E-state index contributed by atoms with van der Waals surface area (Å²) in [6.45, 7) is 4.69. The van der Waals surface area contributed by atoms with Gasteiger partial charge in [-0.25, -0.2) is 0 Å². The molecule has 0 saturated heterocycles. The van der Waals surface area contributed by atoms with Crippen LogP contribution in [0, 0.1) is 0 Å². The Morgan fingerprint density at radius 1 is 0.208 bits per heavy atom. The van der Waals surface area contributed by atoms with E-state index in [1.807, 2.05) is 6.07 Å². The fourth-order valence-electron chi connectivity index (χ4n) is 23.8. The van der Waals surface area contributed by atoms with Gasteiger partial charge in [0.2, 0.25) is 0 Å². The Morgan fingerprint density at radius 3 is 1.15 bits per heavy atom.